The maximum atomic E-state index is 13.9. The van der Waals surface area contributed by atoms with E-state index >= 15 is 0 Å². The number of para-hydroxylation sites is 2. The molecule has 1 saturated heterocycles. The zero-order valence-corrected chi connectivity index (χ0v) is 16.3. The summed E-state index contributed by atoms with van der Waals surface area (Å²) >= 11 is 1.24. The van der Waals surface area contributed by atoms with E-state index in [4.69, 9.17) is 4.74 Å². The third-order valence-corrected chi connectivity index (χ3v) is 4.85. The van der Waals surface area contributed by atoms with Crippen molar-refractivity contribution in [2.24, 2.45) is 4.99 Å². The minimum Gasteiger partial charge on any atom is -0.490 e. The first kappa shape index (κ1) is 19.2. The van der Waals surface area contributed by atoms with Crippen molar-refractivity contribution in [3.8, 4) is 5.75 Å². The summed E-state index contributed by atoms with van der Waals surface area (Å²) in [4.78, 5) is 19.2. The zero-order chi connectivity index (χ0) is 19.4. The minimum atomic E-state index is -0.415. The molecule has 0 bridgehead atoms. The Labute approximate surface area is 162 Å². The lowest BCUT2D eigenvalue weighted by atomic mass is 10.2. The van der Waals surface area contributed by atoms with Gasteiger partial charge in [0.05, 0.1) is 11.0 Å². The molecule has 4 nitrogen and oxygen atoms in total. The van der Waals surface area contributed by atoms with Gasteiger partial charge in [-0.05, 0) is 56.8 Å². The fraction of sp³-hybridized carbons (Fsp3) is 0.238. The van der Waals surface area contributed by atoms with Gasteiger partial charge in [0.15, 0.2) is 5.17 Å². The number of thioether (sulfide) groups is 1. The molecule has 0 unspecified atom stereocenters. The molecule has 0 spiro atoms. The Morgan fingerprint density at radius 2 is 1.89 bits per heavy atom. The Balaban J connectivity index is 1.96. The van der Waals surface area contributed by atoms with E-state index < -0.39 is 5.82 Å². The van der Waals surface area contributed by atoms with Crippen LogP contribution >= 0.6 is 11.8 Å². The molecule has 1 amide bonds. The lowest BCUT2D eigenvalue weighted by molar-refractivity contribution is -0.122. The van der Waals surface area contributed by atoms with Gasteiger partial charge < -0.3 is 4.74 Å². The molecule has 1 fully saturated rings. The van der Waals surface area contributed by atoms with E-state index in [2.05, 4.69) is 4.99 Å². The topological polar surface area (TPSA) is 41.9 Å². The van der Waals surface area contributed by atoms with Gasteiger partial charge in [0.2, 0.25) is 0 Å². The first-order chi connectivity index (χ1) is 13.0. The Morgan fingerprint density at radius 1 is 1.19 bits per heavy atom. The summed E-state index contributed by atoms with van der Waals surface area (Å²) in [6.07, 6.45) is 1.83. The van der Waals surface area contributed by atoms with Gasteiger partial charge in [-0.15, -0.1) is 0 Å². The van der Waals surface area contributed by atoms with E-state index in [1.807, 2.05) is 45.0 Å². The Bertz CT molecular complexity index is 909. The molecule has 6 heteroatoms. The molecule has 2 aromatic rings. The fourth-order valence-corrected chi connectivity index (χ4v) is 3.66. The number of carbonyl (C=O) groups excluding carboxylic acids is 1. The number of ether oxygens (including phenoxy) is 1. The average molecular weight is 384 g/mol. The van der Waals surface area contributed by atoms with Crippen LogP contribution in [-0.4, -0.2) is 28.6 Å². The molecule has 0 radical (unpaired) electrons. The van der Waals surface area contributed by atoms with Gasteiger partial charge in [-0.3, -0.25) is 9.69 Å². The summed E-state index contributed by atoms with van der Waals surface area (Å²) in [5.41, 5.74) is 1.04. The summed E-state index contributed by atoms with van der Waals surface area (Å²) in [5.74, 6) is 0.162. The normalized spacial score (nSPS) is 17.4. The Hall–Kier alpha value is -2.60. The SMILES string of the molecule is CCN1C(=O)/C(=C\c2ccccc2OC(C)C)SC1=Nc1ccccc1F. The molecular weight excluding hydrogens is 363 g/mol. The van der Waals surface area contributed by atoms with Gasteiger partial charge in [0, 0.05) is 12.1 Å². The van der Waals surface area contributed by atoms with Crippen LogP contribution in [0.2, 0.25) is 0 Å². The summed E-state index contributed by atoms with van der Waals surface area (Å²) in [7, 11) is 0. The maximum Gasteiger partial charge on any atom is 0.266 e. The lowest BCUT2D eigenvalue weighted by Gasteiger charge is -2.13. The molecule has 1 heterocycles. The van der Waals surface area contributed by atoms with E-state index in [9.17, 15) is 9.18 Å². The Kier molecular flexibility index (Phi) is 5.96. The van der Waals surface area contributed by atoms with Gasteiger partial charge in [0.25, 0.3) is 5.91 Å². The van der Waals surface area contributed by atoms with E-state index in [-0.39, 0.29) is 17.7 Å². The van der Waals surface area contributed by atoms with Crippen molar-refractivity contribution in [1.29, 1.82) is 0 Å². The number of rotatable bonds is 5. The van der Waals surface area contributed by atoms with Crippen LogP contribution in [0.5, 0.6) is 5.75 Å². The highest BCUT2D eigenvalue weighted by atomic mass is 32.2. The van der Waals surface area contributed by atoms with Crippen LogP contribution in [0.15, 0.2) is 58.4 Å². The third-order valence-electron chi connectivity index (χ3n) is 3.84. The van der Waals surface area contributed by atoms with Crippen LogP contribution in [0.4, 0.5) is 10.1 Å². The minimum absolute atomic E-state index is 0.0294. The predicted octanol–water partition coefficient (Wildman–Crippen LogP) is 5.24. The molecule has 0 aliphatic carbocycles. The molecule has 2 aromatic carbocycles. The number of aliphatic imine (C=N–C) groups is 1. The molecule has 140 valence electrons. The van der Waals surface area contributed by atoms with E-state index in [1.165, 1.54) is 17.8 Å². The number of hydrogen-bond donors (Lipinski definition) is 0. The molecule has 1 aliphatic rings. The second-order valence-electron chi connectivity index (χ2n) is 6.21. The summed E-state index contributed by atoms with van der Waals surface area (Å²) < 4.78 is 19.8. The number of halogens is 1. The molecule has 27 heavy (non-hydrogen) atoms. The Morgan fingerprint density at radius 3 is 2.59 bits per heavy atom. The molecule has 0 atom stereocenters. The smallest absolute Gasteiger partial charge is 0.266 e. The third kappa shape index (κ3) is 4.39. The number of benzene rings is 2. The second-order valence-corrected chi connectivity index (χ2v) is 7.22. The number of hydrogen-bond acceptors (Lipinski definition) is 4. The van der Waals surface area contributed by atoms with Crippen LogP contribution in [-0.2, 0) is 4.79 Å². The monoisotopic (exact) mass is 384 g/mol. The average Bonchev–Trinajstić information content (AvgIpc) is 2.93. The van der Waals surface area contributed by atoms with E-state index in [0.717, 1.165) is 11.3 Å². The van der Waals surface area contributed by atoms with Crippen molar-refractivity contribution in [2.75, 3.05) is 6.54 Å². The van der Waals surface area contributed by atoms with Crippen molar-refractivity contribution in [2.45, 2.75) is 26.9 Å². The number of nitrogens with zero attached hydrogens (tertiary/aromatic N) is 2. The van der Waals surface area contributed by atoms with Gasteiger partial charge >= 0.3 is 0 Å². The summed E-state index contributed by atoms with van der Waals surface area (Å²) in [6, 6.07) is 13.9. The quantitative estimate of drug-likeness (QED) is 0.662. The number of carbonyl (C=O) groups is 1. The van der Waals surface area contributed by atoms with E-state index in [0.29, 0.717) is 16.6 Å². The zero-order valence-electron chi connectivity index (χ0n) is 15.5. The first-order valence-corrected chi connectivity index (χ1v) is 9.61. The van der Waals surface area contributed by atoms with Crippen molar-refractivity contribution >= 4 is 34.6 Å². The standard InChI is InChI=1S/C21H21FN2O2S/c1-4-24-20(25)19(13-15-9-5-8-12-18(15)26-14(2)3)27-21(24)23-17-11-7-6-10-16(17)22/h5-14H,4H2,1-3H3/b19-13+,23-21?. The van der Waals surface area contributed by atoms with Gasteiger partial charge in [-0.25, -0.2) is 9.38 Å². The molecule has 0 N–H and O–H groups in total. The van der Waals surface area contributed by atoms with Crippen LogP contribution in [0.25, 0.3) is 6.08 Å². The van der Waals surface area contributed by atoms with Crippen molar-refractivity contribution in [3.05, 3.63) is 64.8 Å². The number of likely N-dealkylation sites (N-methyl/N-ethyl adjacent to an activating group) is 1. The number of amidine groups is 1. The van der Waals surface area contributed by atoms with Crippen LogP contribution in [0.1, 0.15) is 26.3 Å². The number of amides is 1. The predicted molar refractivity (Wildman–Crippen MR) is 109 cm³/mol. The largest absolute Gasteiger partial charge is 0.490 e. The van der Waals surface area contributed by atoms with Crippen LogP contribution < -0.4 is 4.74 Å². The molecule has 3 rings (SSSR count). The highest BCUT2D eigenvalue weighted by Crippen LogP contribution is 2.35. The van der Waals surface area contributed by atoms with Crippen LogP contribution in [0, 0.1) is 5.82 Å². The van der Waals surface area contributed by atoms with E-state index in [1.54, 1.807) is 29.2 Å². The van der Waals surface area contributed by atoms with Crippen LogP contribution in [0.3, 0.4) is 0 Å². The second kappa shape index (κ2) is 8.39. The summed E-state index contributed by atoms with van der Waals surface area (Å²) in [6.45, 7) is 6.24. The highest BCUT2D eigenvalue weighted by Gasteiger charge is 2.32. The highest BCUT2D eigenvalue weighted by molar-refractivity contribution is 8.18. The lowest BCUT2D eigenvalue weighted by Crippen LogP contribution is -2.28. The van der Waals surface area contributed by atoms with Gasteiger partial charge in [0.1, 0.15) is 17.3 Å². The molecule has 0 saturated carbocycles. The molecule has 1 aliphatic heterocycles. The fourth-order valence-electron chi connectivity index (χ4n) is 2.62. The first-order valence-electron chi connectivity index (χ1n) is 8.80. The van der Waals surface area contributed by atoms with Crippen molar-refractivity contribution in [3.63, 3.8) is 0 Å². The van der Waals surface area contributed by atoms with Gasteiger partial charge in [-0.2, -0.15) is 0 Å². The van der Waals surface area contributed by atoms with Crippen molar-refractivity contribution in [1.82, 2.24) is 4.90 Å². The summed E-state index contributed by atoms with van der Waals surface area (Å²) in [5, 5.41) is 0.473. The maximum absolute atomic E-state index is 13.9. The molecular formula is C21H21FN2O2S. The van der Waals surface area contributed by atoms with Gasteiger partial charge in [-0.1, -0.05) is 30.3 Å². The van der Waals surface area contributed by atoms with Crippen molar-refractivity contribution < 1.29 is 13.9 Å². The molecule has 0 aromatic heterocycles.